The Labute approximate surface area is 182 Å². The number of hydrogen-bond donors (Lipinski definition) is 2. The Balaban J connectivity index is 0.00000676. The Morgan fingerprint density at radius 2 is 1.78 bits per heavy atom. The summed E-state index contributed by atoms with van der Waals surface area (Å²) in [5, 5.41) is 6.72. The SMILES string of the molecule is CCCN(CC)CCN=C(NCC)NCCc1ccc(OC)c(OC)c1.I. The van der Waals surface area contributed by atoms with Crippen LogP contribution in [0.1, 0.15) is 32.8 Å². The Bertz CT molecular complexity index is 541. The summed E-state index contributed by atoms with van der Waals surface area (Å²) in [5.74, 6) is 2.40. The molecule has 0 saturated heterocycles. The molecule has 27 heavy (non-hydrogen) atoms. The van der Waals surface area contributed by atoms with Crippen LogP contribution in [0.2, 0.25) is 0 Å². The summed E-state index contributed by atoms with van der Waals surface area (Å²) < 4.78 is 10.6. The number of rotatable bonds is 12. The maximum atomic E-state index is 5.36. The Morgan fingerprint density at radius 1 is 1.04 bits per heavy atom. The topological polar surface area (TPSA) is 58.1 Å². The molecule has 0 atom stereocenters. The van der Waals surface area contributed by atoms with Crippen LogP contribution in [0.15, 0.2) is 23.2 Å². The van der Waals surface area contributed by atoms with Crippen molar-refractivity contribution in [1.29, 1.82) is 0 Å². The first kappa shape index (κ1) is 25.8. The summed E-state index contributed by atoms with van der Waals surface area (Å²) in [4.78, 5) is 7.11. The third-order valence-electron chi connectivity index (χ3n) is 4.17. The van der Waals surface area contributed by atoms with Crippen LogP contribution in [0, 0.1) is 0 Å². The number of nitrogens with one attached hydrogen (secondary N) is 2. The van der Waals surface area contributed by atoms with Gasteiger partial charge in [-0.15, -0.1) is 24.0 Å². The van der Waals surface area contributed by atoms with Crippen molar-refractivity contribution in [1.82, 2.24) is 15.5 Å². The van der Waals surface area contributed by atoms with Crippen molar-refractivity contribution >= 4 is 29.9 Å². The van der Waals surface area contributed by atoms with Crippen LogP contribution in [0.4, 0.5) is 0 Å². The van der Waals surface area contributed by atoms with Crippen molar-refractivity contribution < 1.29 is 9.47 Å². The Morgan fingerprint density at radius 3 is 2.37 bits per heavy atom. The second kappa shape index (κ2) is 15.8. The Kier molecular flexibility index (Phi) is 15.1. The van der Waals surface area contributed by atoms with Crippen molar-refractivity contribution in [3.8, 4) is 11.5 Å². The second-order valence-corrected chi connectivity index (χ2v) is 6.06. The van der Waals surface area contributed by atoms with E-state index >= 15 is 0 Å². The molecule has 0 aliphatic rings. The standard InChI is InChI=1S/C20H36N4O2.HI/c1-6-14-24(8-3)15-13-23-20(21-7-2)22-12-11-17-9-10-18(25-4)19(16-17)26-5;/h9-10,16H,6-8,11-15H2,1-5H3,(H2,21,22,23);1H. The van der Waals surface area contributed by atoms with Gasteiger partial charge in [0.25, 0.3) is 0 Å². The quantitative estimate of drug-likeness (QED) is 0.267. The summed E-state index contributed by atoms with van der Waals surface area (Å²) >= 11 is 0. The van der Waals surface area contributed by atoms with Crippen LogP contribution < -0.4 is 20.1 Å². The smallest absolute Gasteiger partial charge is 0.191 e. The van der Waals surface area contributed by atoms with Gasteiger partial charge in [0.05, 0.1) is 20.8 Å². The minimum absolute atomic E-state index is 0. The number of halogens is 1. The number of guanidine groups is 1. The predicted octanol–water partition coefficient (Wildman–Crippen LogP) is 3.15. The molecule has 0 amide bonds. The molecule has 156 valence electrons. The summed E-state index contributed by atoms with van der Waals surface area (Å²) in [6.45, 7) is 12.2. The highest BCUT2D eigenvalue weighted by Crippen LogP contribution is 2.27. The van der Waals surface area contributed by atoms with Crippen LogP contribution >= 0.6 is 24.0 Å². The van der Waals surface area contributed by atoms with Gasteiger partial charge in [0, 0.05) is 19.6 Å². The molecule has 1 aromatic carbocycles. The number of benzene rings is 1. The number of nitrogens with zero attached hydrogens (tertiary/aromatic N) is 2. The molecule has 0 saturated carbocycles. The van der Waals surface area contributed by atoms with Crippen LogP contribution in [0.3, 0.4) is 0 Å². The number of methoxy groups -OCH3 is 2. The second-order valence-electron chi connectivity index (χ2n) is 6.06. The number of aliphatic imine (C=N–C) groups is 1. The fraction of sp³-hybridized carbons (Fsp3) is 0.650. The highest BCUT2D eigenvalue weighted by molar-refractivity contribution is 14.0. The van der Waals surface area contributed by atoms with Crippen LogP contribution in [-0.4, -0.2) is 64.3 Å². The van der Waals surface area contributed by atoms with E-state index in [1.807, 2.05) is 12.1 Å². The summed E-state index contributed by atoms with van der Waals surface area (Å²) in [5.41, 5.74) is 1.20. The molecule has 0 unspecified atom stereocenters. The van der Waals surface area contributed by atoms with Gasteiger partial charge in [-0.25, -0.2) is 0 Å². The van der Waals surface area contributed by atoms with E-state index in [4.69, 9.17) is 9.47 Å². The molecule has 0 radical (unpaired) electrons. The van der Waals surface area contributed by atoms with Gasteiger partial charge >= 0.3 is 0 Å². The summed E-state index contributed by atoms with van der Waals surface area (Å²) in [7, 11) is 3.31. The lowest BCUT2D eigenvalue weighted by Gasteiger charge is -2.18. The first-order chi connectivity index (χ1) is 12.7. The molecular weight excluding hydrogens is 455 g/mol. The molecule has 1 aromatic rings. The zero-order valence-corrected chi connectivity index (χ0v) is 19.8. The lowest BCUT2D eigenvalue weighted by atomic mass is 10.1. The molecule has 2 N–H and O–H groups in total. The minimum Gasteiger partial charge on any atom is -0.493 e. The molecule has 0 bridgehead atoms. The van der Waals surface area contributed by atoms with Gasteiger partial charge in [0.1, 0.15) is 0 Å². The minimum atomic E-state index is 0. The summed E-state index contributed by atoms with van der Waals surface area (Å²) in [6, 6.07) is 6.03. The van der Waals surface area contributed by atoms with Crippen LogP contribution in [0.25, 0.3) is 0 Å². The van der Waals surface area contributed by atoms with E-state index in [2.05, 4.69) is 47.4 Å². The molecule has 0 aliphatic carbocycles. The van der Waals surface area contributed by atoms with Crippen LogP contribution in [0.5, 0.6) is 11.5 Å². The van der Waals surface area contributed by atoms with E-state index in [9.17, 15) is 0 Å². The fourth-order valence-corrected chi connectivity index (χ4v) is 2.75. The average molecular weight is 492 g/mol. The van der Waals surface area contributed by atoms with E-state index in [1.165, 1.54) is 12.0 Å². The first-order valence-electron chi connectivity index (χ1n) is 9.63. The number of hydrogen-bond acceptors (Lipinski definition) is 4. The van der Waals surface area contributed by atoms with Crippen molar-refractivity contribution in [2.24, 2.45) is 4.99 Å². The van der Waals surface area contributed by atoms with E-state index in [0.717, 1.165) is 63.1 Å². The average Bonchev–Trinajstić information content (AvgIpc) is 2.67. The lowest BCUT2D eigenvalue weighted by Crippen LogP contribution is -2.39. The molecule has 7 heteroatoms. The molecular formula is C20H37IN4O2. The molecule has 0 aliphatic heterocycles. The maximum absolute atomic E-state index is 5.36. The number of likely N-dealkylation sites (N-methyl/N-ethyl adjacent to an activating group) is 1. The predicted molar refractivity (Wildman–Crippen MR) is 125 cm³/mol. The zero-order chi connectivity index (χ0) is 19.2. The van der Waals surface area contributed by atoms with Gasteiger partial charge in [-0.05, 0) is 50.6 Å². The first-order valence-corrected chi connectivity index (χ1v) is 9.63. The third-order valence-corrected chi connectivity index (χ3v) is 4.17. The number of ether oxygens (including phenoxy) is 2. The van der Waals surface area contributed by atoms with Gasteiger partial charge in [-0.3, -0.25) is 4.99 Å². The van der Waals surface area contributed by atoms with Gasteiger partial charge in [-0.1, -0.05) is 19.9 Å². The molecule has 0 fully saturated rings. The van der Waals surface area contributed by atoms with E-state index < -0.39 is 0 Å². The van der Waals surface area contributed by atoms with Crippen LogP contribution in [-0.2, 0) is 6.42 Å². The molecule has 1 rings (SSSR count). The highest BCUT2D eigenvalue weighted by atomic mass is 127. The van der Waals surface area contributed by atoms with E-state index in [1.54, 1.807) is 14.2 Å². The van der Waals surface area contributed by atoms with Crippen molar-refractivity contribution in [3.63, 3.8) is 0 Å². The largest absolute Gasteiger partial charge is 0.493 e. The lowest BCUT2D eigenvalue weighted by molar-refractivity contribution is 0.297. The van der Waals surface area contributed by atoms with Gasteiger partial charge < -0.3 is 25.0 Å². The van der Waals surface area contributed by atoms with Gasteiger partial charge in [-0.2, -0.15) is 0 Å². The van der Waals surface area contributed by atoms with Crippen molar-refractivity contribution in [2.75, 3.05) is 53.5 Å². The van der Waals surface area contributed by atoms with E-state index in [0.29, 0.717) is 0 Å². The Hall–Kier alpha value is -1.22. The highest BCUT2D eigenvalue weighted by Gasteiger charge is 2.05. The molecule has 0 spiro atoms. The molecule has 0 aromatic heterocycles. The van der Waals surface area contributed by atoms with Gasteiger partial charge in [0.2, 0.25) is 0 Å². The molecule has 0 heterocycles. The monoisotopic (exact) mass is 492 g/mol. The van der Waals surface area contributed by atoms with Gasteiger partial charge in [0.15, 0.2) is 17.5 Å². The third kappa shape index (κ3) is 10.0. The molecule has 6 nitrogen and oxygen atoms in total. The van der Waals surface area contributed by atoms with Crippen molar-refractivity contribution in [3.05, 3.63) is 23.8 Å². The summed E-state index contributed by atoms with van der Waals surface area (Å²) in [6.07, 6.45) is 2.07. The fourth-order valence-electron chi connectivity index (χ4n) is 2.75. The van der Waals surface area contributed by atoms with E-state index in [-0.39, 0.29) is 24.0 Å². The normalized spacial score (nSPS) is 11.1. The maximum Gasteiger partial charge on any atom is 0.191 e. The zero-order valence-electron chi connectivity index (χ0n) is 17.5. The van der Waals surface area contributed by atoms with Crippen molar-refractivity contribution in [2.45, 2.75) is 33.6 Å².